The Labute approximate surface area is 150 Å². The van der Waals surface area contributed by atoms with Crippen LogP contribution in [-0.2, 0) is 4.74 Å². The highest BCUT2D eigenvalue weighted by atomic mass is 19.3. The summed E-state index contributed by atoms with van der Waals surface area (Å²) in [6.07, 6.45) is 4.04. The van der Waals surface area contributed by atoms with Gasteiger partial charge >= 0.3 is 12.6 Å². The molecule has 1 heterocycles. The number of halogens is 2. The number of alkyl halides is 2. The van der Waals surface area contributed by atoms with Crippen molar-refractivity contribution in [3.63, 3.8) is 0 Å². The lowest BCUT2D eigenvalue weighted by atomic mass is 10.1. The number of nitrogens with zero attached hydrogens (tertiary/aromatic N) is 2. The fourth-order valence-corrected chi connectivity index (χ4v) is 2.64. The second kappa shape index (κ2) is 9.02. The molecule has 2 aromatic rings. The van der Waals surface area contributed by atoms with Gasteiger partial charge in [0.2, 0.25) is 0 Å². The molecule has 0 saturated heterocycles. The maximum Gasteiger partial charge on any atom is 0.404 e. The third-order valence-corrected chi connectivity index (χ3v) is 3.88. The topological polar surface area (TPSA) is 108 Å². The van der Waals surface area contributed by atoms with Crippen LogP contribution in [0.5, 0.6) is 0 Å². The first-order valence-corrected chi connectivity index (χ1v) is 8.28. The van der Waals surface area contributed by atoms with Crippen LogP contribution in [0.3, 0.4) is 0 Å². The number of imidazole rings is 1. The lowest BCUT2D eigenvalue weighted by Gasteiger charge is -2.20. The number of amides is 1. The van der Waals surface area contributed by atoms with E-state index in [-0.39, 0.29) is 18.5 Å². The monoisotopic (exact) mass is 367 g/mol. The standard InChI is InChI=1S/C17H23F2N5O2/c1-11(5-2-3-10-26-17(21)25)23-14-12(6-4-7-13(14)20)15-22-8-9-24(15)16(18)19/h4,6-9,11,16,23H,2-3,5,10,20H2,1H3,(H2,21,25). The lowest BCUT2D eigenvalue weighted by molar-refractivity contribution is 0.0720. The Hall–Kier alpha value is -2.84. The van der Waals surface area contributed by atoms with Gasteiger partial charge in [0.1, 0.15) is 5.82 Å². The summed E-state index contributed by atoms with van der Waals surface area (Å²) in [5.74, 6) is 0.150. The van der Waals surface area contributed by atoms with Gasteiger partial charge in [-0.1, -0.05) is 6.07 Å². The molecular weight excluding hydrogens is 344 g/mol. The Morgan fingerprint density at radius 2 is 2.15 bits per heavy atom. The third kappa shape index (κ3) is 5.08. The van der Waals surface area contributed by atoms with Gasteiger partial charge in [0.15, 0.2) is 0 Å². The molecule has 2 rings (SSSR count). The van der Waals surface area contributed by atoms with Crippen molar-refractivity contribution < 1.29 is 18.3 Å². The molecule has 0 radical (unpaired) electrons. The Bertz CT molecular complexity index is 736. The number of anilines is 2. The Balaban J connectivity index is 2.07. The van der Waals surface area contributed by atoms with Crippen LogP contribution < -0.4 is 16.8 Å². The van der Waals surface area contributed by atoms with Crippen LogP contribution in [0.1, 0.15) is 32.7 Å². The predicted molar refractivity (Wildman–Crippen MR) is 95.8 cm³/mol. The SMILES string of the molecule is CC(CCCCOC(N)=O)Nc1c(N)cccc1-c1nccn1C(F)F. The molecule has 142 valence electrons. The molecule has 0 aliphatic rings. The Kier molecular flexibility index (Phi) is 6.76. The van der Waals surface area contributed by atoms with Crippen molar-refractivity contribution in [2.45, 2.75) is 38.8 Å². The van der Waals surface area contributed by atoms with Crippen LogP contribution >= 0.6 is 0 Å². The number of primary amides is 1. The fourth-order valence-electron chi connectivity index (χ4n) is 2.64. The molecule has 26 heavy (non-hydrogen) atoms. The molecule has 1 atom stereocenters. The van der Waals surface area contributed by atoms with E-state index < -0.39 is 12.6 Å². The normalized spacial score (nSPS) is 12.2. The summed E-state index contributed by atoms with van der Waals surface area (Å²) in [5.41, 5.74) is 12.5. The third-order valence-electron chi connectivity index (χ3n) is 3.88. The average Bonchev–Trinajstić information content (AvgIpc) is 3.06. The quantitative estimate of drug-likeness (QED) is 0.464. The molecule has 0 fully saturated rings. The fraction of sp³-hybridized carbons (Fsp3) is 0.412. The van der Waals surface area contributed by atoms with Crippen molar-refractivity contribution in [1.29, 1.82) is 0 Å². The number of hydrogen-bond donors (Lipinski definition) is 3. The molecule has 1 aromatic carbocycles. The summed E-state index contributed by atoms with van der Waals surface area (Å²) in [4.78, 5) is 14.6. The van der Waals surface area contributed by atoms with E-state index in [4.69, 9.17) is 11.5 Å². The highest BCUT2D eigenvalue weighted by molar-refractivity contribution is 5.83. The van der Waals surface area contributed by atoms with Gasteiger partial charge in [0, 0.05) is 24.0 Å². The van der Waals surface area contributed by atoms with E-state index in [2.05, 4.69) is 15.0 Å². The van der Waals surface area contributed by atoms with E-state index in [0.717, 1.165) is 17.4 Å². The number of nitrogens with two attached hydrogens (primary N) is 2. The smallest absolute Gasteiger partial charge is 0.404 e. The number of nitrogens with one attached hydrogen (secondary N) is 1. The number of ether oxygens (including phenoxy) is 1. The highest BCUT2D eigenvalue weighted by Gasteiger charge is 2.18. The molecule has 9 heteroatoms. The summed E-state index contributed by atoms with van der Waals surface area (Å²) < 4.78 is 31.8. The molecule has 0 aliphatic heterocycles. The zero-order valence-corrected chi connectivity index (χ0v) is 14.5. The molecule has 0 spiro atoms. The van der Waals surface area contributed by atoms with Crippen molar-refractivity contribution in [1.82, 2.24) is 9.55 Å². The van der Waals surface area contributed by atoms with Gasteiger partial charge in [-0.25, -0.2) is 9.78 Å². The van der Waals surface area contributed by atoms with Gasteiger partial charge in [-0.3, -0.25) is 4.57 Å². The van der Waals surface area contributed by atoms with Crippen LogP contribution in [0.2, 0.25) is 0 Å². The van der Waals surface area contributed by atoms with Gasteiger partial charge < -0.3 is 21.5 Å². The minimum Gasteiger partial charge on any atom is -0.450 e. The van der Waals surface area contributed by atoms with Gasteiger partial charge in [-0.05, 0) is 38.3 Å². The molecule has 1 unspecified atom stereocenters. The van der Waals surface area contributed by atoms with Crippen molar-refractivity contribution in [3.8, 4) is 11.4 Å². The van der Waals surface area contributed by atoms with Crippen molar-refractivity contribution in [2.24, 2.45) is 5.73 Å². The summed E-state index contributed by atoms with van der Waals surface area (Å²) in [6, 6.07) is 5.14. The van der Waals surface area contributed by atoms with E-state index >= 15 is 0 Å². The van der Waals surface area contributed by atoms with Gasteiger partial charge in [-0.15, -0.1) is 0 Å². The maximum atomic E-state index is 13.2. The van der Waals surface area contributed by atoms with Gasteiger partial charge in [0.05, 0.1) is 18.0 Å². The van der Waals surface area contributed by atoms with Gasteiger partial charge in [-0.2, -0.15) is 8.78 Å². The molecule has 1 amide bonds. The first kappa shape index (κ1) is 19.5. The van der Waals surface area contributed by atoms with E-state index in [1.54, 1.807) is 18.2 Å². The molecule has 0 saturated carbocycles. The van der Waals surface area contributed by atoms with E-state index in [1.807, 2.05) is 6.92 Å². The Morgan fingerprint density at radius 1 is 1.38 bits per heavy atom. The van der Waals surface area contributed by atoms with Crippen molar-refractivity contribution in [3.05, 3.63) is 30.6 Å². The number of hydrogen-bond acceptors (Lipinski definition) is 5. The van der Waals surface area contributed by atoms with Crippen LogP contribution in [-0.4, -0.2) is 28.3 Å². The van der Waals surface area contributed by atoms with Crippen LogP contribution in [0.15, 0.2) is 30.6 Å². The molecule has 0 aliphatic carbocycles. The molecular formula is C17H23F2N5O2. The maximum absolute atomic E-state index is 13.2. The molecule has 5 N–H and O–H groups in total. The Morgan fingerprint density at radius 3 is 2.85 bits per heavy atom. The molecule has 1 aromatic heterocycles. The van der Waals surface area contributed by atoms with Crippen LogP contribution in [0, 0.1) is 0 Å². The van der Waals surface area contributed by atoms with E-state index in [1.165, 1.54) is 12.4 Å². The first-order valence-electron chi connectivity index (χ1n) is 8.28. The summed E-state index contributed by atoms with van der Waals surface area (Å²) >= 11 is 0. The van der Waals surface area contributed by atoms with Crippen molar-refractivity contribution >= 4 is 17.5 Å². The highest BCUT2D eigenvalue weighted by Crippen LogP contribution is 2.34. The predicted octanol–water partition coefficient (Wildman–Crippen LogP) is 3.59. The number of aromatic nitrogens is 2. The number of nitrogen functional groups attached to an aromatic ring is 1. The zero-order chi connectivity index (χ0) is 19.1. The first-order chi connectivity index (χ1) is 12.4. The number of para-hydroxylation sites is 1. The number of unbranched alkanes of at least 4 members (excludes halogenated alkanes) is 1. The minimum atomic E-state index is -2.69. The second-order valence-corrected chi connectivity index (χ2v) is 5.91. The summed E-state index contributed by atoms with van der Waals surface area (Å²) in [5, 5.41) is 3.28. The number of rotatable bonds is 9. The average molecular weight is 367 g/mol. The van der Waals surface area contributed by atoms with Crippen LogP contribution in [0.4, 0.5) is 25.0 Å². The van der Waals surface area contributed by atoms with E-state index in [0.29, 0.717) is 23.4 Å². The summed E-state index contributed by atoms with van der Waals surface area (Å²) in [6.45, 7) is -0.457. The lowest BCUT2D eigenvalue weighted by Crippen LogP contribution is -2.18. The molecule has 0 bridgehead atoms. The number of carbonyl (C=O) groups is 1. The van der Waals surface area contributed by atoms with Gasteiger partial charge in [0.25, 0.3) is 0 Å². The van der Waals surface area contributed by atoms with Crippen LogP contribution in [0.25, 0.3) is 11.4 Å². The second-order valence-electron chi connectivity index (χ2n) is 5.91. The number of benzene rings is 1. The van der Waals surface area contributed by atoms with Crippen molar-refractivity contribution in [2.75, 3.05) is 17.7 Å². The summed E-state index contributed by atoms with van der Waals surface area (Å²) in [7, 11) is 0. The minimum absolute atomic E-state index is 0.0296. The number of carbonyl (C=O) groups excluding carboxylic acids is 1. The largest absolute Gasteiger partial charge is 0.450 e. The zero-order valence-electron chi connectivity index (χ0n) is 14.5. The molecule has 7 nitrogen and oxygen atoms in total. The van der Waals surface area contributed by atoms with E-state index in [9.17, 15) is 13.6 Å².